The van der Waals surface area contributed by atoms with Gasteiger partial charge in [0.05, 0.1) is 5.92 Å². The molecule has 1 aliphatic heterocycles. The van der Waals surface area contributed by atoms with E-state index in [1.165, 1.54) is 0 Å². The van der Waals surface area contributed by atoms with Crippen LogP contribution < -0.4 is 5.32 Å². The second kappa shape index (κ2) is 4.58. The van der Waals surface area contributed by atoms with E-state index >= 15 is 0 Å². The van der Waals surface area contributed by atoms with Crippen molar-refractivity contribution < 1.29 is 9.53 Å². The zero-order valence-corrected chi connectivity index (χ0v) is 10.8. The quantitative estimate of drug-likeness (QED) is 0.591. The fourth-order valence-corrected chi connectivity index (χ4v) is 2.75. The van der Waals surface area contributed by atoms with E-state index in [1.807, 2.05) is 0 Å². The molecule has 16 heavy (non-hydrogen) atoms. The van der Waals surface area contributed by atoms with Crippen molar-refractivity contribution in [2.45, 2.75) is 51.6 Å². The fourth-order valence-electron chi connectivity index (χ4n) is 2.75. The van der Waals surface area contributed by atoms with Crippen LogP contribution in [-0.4, -0.2) is 23.7 Å². The van der Waals surface area contributed by atoms with Gasteiger partial charge in [-0.3, -0.25) is 4.79 Å². The van der Waals surface area contributed by atoms with Gasteiger partial charge in [0.15, 0.2) is 0 Å². The van der Waals surface area contributed by atoms with Crippen LogP contribution in [0.2, 0.25) is 0 Å². The van der Waals surface area contributed by atoms with Gasteiger partial charge in [-0.25, -0.2) is 0 Å². The standard InChI is InChI=1S/C13H23NO2/c1-6-7-16-11(15)10-8-12(2,3)14-13(4,5)9-10/h6,10,14H,1,7-9H2,2-5H3. The highest BCUT2D eigenvalue weighted by Gasteiger charge is 2.41. The molecule has 1 fully saturated rings. The van der Waals surface area contributed by atoms with Gasteiger partial charge in [0.1, 0.15) is 6.61 Å². The number of nitrogens with one attached hydrogen (secondary N) is 1. The van der Waals surface area contributed by atoms with Gasteiger partial charge >= 0.3 is 5.97 Å². The van der Waals surface area contributed by atoms with Crippen LogP contribution in [0.15, 0.2) is 12.7 Å². The summed E-state index contributed by atoms with van der Waals surface area (Å²) in [7, 11) is 0. The first-order valence-electron chi connectivity index (χ1n) is 5.83. The summed E-state index contributed by atoms with van der Waals surface area (Å²) in [6.07, 6.45) is 3.26. The first kappa shape index (κ1) is 13.2. The molecule has 1 saturated heterocycles. The fraction of sp³-hybridized carbons (Fsp3) is 0.769. The maximum absolute atomic E-state index is 11.8. The summed E-state index contributed by atoms with van der Waals surface area (Å²) in [5.41, 5.74) is -0.0285. The number of hydrogen-bond acceptors (Lipinski definition) is 3. The van der Waals surface area contributed by atoms with Gasteiger partial charge < -0.3 is 10.1 Å². The molecular weight excluding hydrogens is 202 g/mol. The third-order valence-electron chi connectivity index (χ3n) is 2.87. The molecule has 0 radical (unpaired) electrons. The molecular formula is C13H23NO2. The van der Waals surface area contributed by atoms with Crippen molar-refractivity contribution in [3.05, 3.63) is 12.7 Å². The molecule has 0 spiro atoms. The van der Waals surface area contributed by atoms with Gasteiger partial charge in [-0.15, -0.1) is 0 Å². The lowest BCUT2D eigenvalue weighted by Gasteiger charge is -2.45. The minimum absolute atomic E-state index is 0.00815. The highest BCUT2D eigenvalue weighted by atomic mass is 16.5. The van der Waals surface area contributed by atoms with Crippen molar-refractivity contribution in [3.8, 4) is 0 Å². The van der Waals surface area contributed by atoms with Crippen LogP contribution in [0.25, 0.3) is 0 Å². The smallest absolute Gasteiger partial charge is 0.309 e. The molecule has 0 aromatic rings. The molecule has 1 rings (SSSR count). The summed E-state index contributed by atoms with van der Waals surface area (Å²) in [6.45, 7) is 12.4. The van der Waals surface area contributed by atoms with E-state index in [9.17, 15) is 4.79 Å². The van der Waals surface area contributed by atoms with Crippen molar-refractivity contribution in [1.82, 2.24) is 5.32 Å². The monoisotopic (exact) mass is 225 g/mol. The molecule has 0 unspecified atom stereocenters. The molecule has 92 valence electrons. The molecule has 0 amide bonds. The van der Waals surface area contributed by atoms with Gasteiger partial charge in [-0.05, 0) is 40.5 Å². The van der Waals surface area contributed by atoms with Crippen LogP contribution in [0.4, 0.5) is 0 Å². The average Bonchev–Trinajstić information content (AvgIpc) is 2.09. The zero-order valence-electron chi connectivity index (χ0n) is 10.8. The summed E-state index contributed by atoms with van der Waals surface area (Å²) in [4.78, 5) is 11.8. The summed E-state index contributed by atoms with van der Waals surface area (Å²) in [6, 6.07) is 0. The van der Waals surface area contributed by atoms with Crippen LogP contribution in [0.3, 0.4) is 0 Å². The minimum Gasteiger partial charge on any atom is -0.461 e. The normalized spacial score (nSPS) is 23.8. The Balaban J connectivity index is 2.66. The Bertz CT molecular complexity index is 266. The van der Waals surface area contributed by atoms with Crippen molar-refractivity contribution in [2.75, 3.05) is 6.61 Å². The van der Waals surface area contributed by atoms with Crippen LogP contribution in [-0.2, 0) is 9.53 Å². The molecule has 0 aromatic carbocycles. The number of hydrogen-bond donors (Lipinski definition) is 1. The van der Waals surface area contributed by atoms with Crippen molar-refractivity contribution >= 4 is 5.97 Å². The number of esters is 1. The zero-order chi connectivity index (χ0) is 12.4. The van der Waals surface area contributed by atoms with Gasteiger partial charge in [0.25, 0.3) is 0 Å². The van der Waals surface area contributed by atoms with Crippen LogP contribution in [0, 0.1) is 5.92 Å². The number of piperidine rings is 1. The third kappa shape index (κ3) is 3.63. The van der Waals surface area contributed by atoms with Crippen molar-refractivity contribution in [3.63, 3.8) is 0 Å². The Kier molecular flexibility index (Phi) is 3.79. The third-order valence-corrected chi connectivity index (χ3v) is 2.87. The first-order chi connectivity index (χ1) is 7.26. The Labute approximate surface area is 98.2 Å². The Morgan fingerprint density at radius 2 is 1.88 bits per heavy atom. The molecule has 1 N–H and O–H groups in total. The first-order valence-corrected chi connectivity index (χ1v) is 5.83. The van der Waals surface area contributed by atoms with Crippen LogP contribution in [0.5, 0.6) is 0 Å². The summed E-state index contributed by atoms with van der Waals surface area (Å²) in [5, 5.41) is 3.54. The highest BCUT2D eigenvalue weighted by Crippen LogP contribution is 2.33. The largest absolute Gasteiger partial charge is 0.461 e. The summed E-state index contributed by atoms with van der Waals surface area (Å²) in [5.74, 6) is -0.103. The number of rotatable bonds is 3. The van der Waals surface area contributed by atoms with E-state index in [0.29, 0.717) is 6.61 Å². The second-order valence-corrected chi connectivity index (χ2v) is 5.92. The predicted octanol–water partition coefficient (Wildman–Crippen LogP) is 2.27. The number of carbonyl (C=O) groups excluding carboxylic acids is 1. The SMILES string of the molecule is C=CCOC(=O)C1CC(C)(C)NC(C)(C)C1. The maximum Gasteiger partial charge on any atom is 0.309 e. The second-order valence-electron chi connectivity index (χ2n) is 5.92. The lowest BCUT2D eigenvalue weighted by molar-refractivity contribution is -0.150. The molecule has 0 aliphatic carbocycles. The molecule has 3 heteroatoms. The van der Waals surface area contributed by atoms with Crippen molar-refractivity contribution in [2.24, 2.45) is 5.92 Å². The van der Waals surface area contributed by atoms with E-state index in [2.05, 4.69) is 39.6 Å². The lowest BCUT2D eigenvalue weighted by Crippen LogP contribution is -2.59. The van der Waals surface area contributed by atoms with E-state index in [4.69, 9.17) is 4.74 Å². The predicted molar refractivity (Wildman–Crippen MR) is 65.2 cm³/mol. The number of carbonyl (C=O) groups is 1. The molecule has 1 aliphatic rings. The molecule has 0 atom stereocenters. The molecule has 1 heterocycles. The lowest BCUT2D eigenvalue weighted by atomic mass is 9.76. The summed E-state index contributed by atoms with van der Waals surface area (Å²) >= 11 is 0. The van der Waals surface area contributed by atoms with Gasteiger partial charge in [0.2, 0.25) is 0 Å². The molecule has 3 nitrogen and oxygen atoms in total. The van der Waals surface area contributed by atoms with Crippen molar-refractivity contribution in [1.29, 1.82) is 0 Å². The minimum atomic E-state index is -0.0949. The Hall–Kier alpha value is -0.830. The molecule has 0 saturated carbocycles. The summed E-state index contributed by atoms with van der Waals surface area (Å²) < 4.78 is 5.13. The average molecular weight is 225 g/mol. The number of ether oxygens (including phenoxy) is 1. The maximum atomic E-state index is 11.8. The van der Waals surface area contributed by atoms with Gasteiger partial charge in [-0.2, -0.15) is 0 Å². The van der Waals surface area contributed by atoms with E-state index in [-0.39, 0.29) is 23.0 Å². The molecule has 0 aromatic heterocycles. The van der Waals surface area contributed by atoms with E-state index in [0.717, 1.165) is 12.8 Å². The Morgan fingerprint density at radius 3 is 2.31 bits per heavy atom. The topological polar surface area (TPSA) is 38.3 Å². The molecule has 0 bridgehead atoms. The van der Waals surface area contributed by atoms with Gasteiger partial charge in [-0.1, -0.05) is 12.7 Å². The van der Waals surface area contributed by atoms with Crippen LogP contribution in [0.1, 0.15) is 40.5 Å². The van der Waals surface area contributed by atoms with Gasteiger partial charge in [0, 0.05) is 11.1 Å². The highest BCUT2D eigenvalue weighted by molar-refractivity contribution is 5.73. The van der Waals surface area contributed by atoms with E-state index < -0.39 is 0 Å². The van der Waals surface area contributed by atoms with E-state index in [1.54, 1.807) is 6.08 Å². The van der Waals surface area contributed by atoms with Crippen LogP contribution >= 0.6 is 0 Å². The Morgan fingerprint density at radius 1 is 1.38 bits per heavy atom.